The van der Waals surface area contributed by atoms with Crippen molar-refractivity contribution in [3.8, 4) is 0 Å². The van der Waals surface area contributed by atoms with Crippen LogP contribution in [0.15, 0.2) is 0 Å². The van der Waals surface area contributed by atoms with Gasteiger partial charge in [-0.05, 0) is 6.42 Å². The molecule has 3 atom stereocenters. The number of hydrogen-bond acceptors (Lipinski definition) is 3. The lowest BCUT2D eigenvalue weighted by Crippen LogP contribution is -2.43. The van der Waals surface area contributed by atoms with Gasteiger partial charge in [-0.15, -0.1) is 0 Å². The molecule has 0 aromatic heterocycles. The van der Waals surface area contributed by atoms with Crippen LogP contribution >= 0.6 is 0 Å². The molecule has 0 saturated carbocycles. The molecule has 0 unspecified atom stereocenters. The Hall–Kier alpha value is -1.24. The third-order valence-electron chi connectivity index (χ3n) is 2.51. The van der Waals surface area contributed by atoms with Gasteiger partial charge in [0.25, 0.3) is 0 Å². The van der Waals surface area contributed by atoms with Gasteiger partial charge in [0, 0.05) is 6.42 Å². The summed E-state index contributed by atoms with van der Waals surface area (Å²) in [6, 6.07) is -0.926. The second-order valence-corrected chi connectivity index (χ2v) is 3.89. The molecule has 1 aliphatic heterocycles. The summed E-state index contributed by atoms with van der Waals surface area (Å²) in [6.45, 7) is -0.547. The van der Waals surface area contributed by atoms with E-state index < -0.39 is 30.2 Å². The fraction of sp³-hybridized carbons (Fsp3) is 0.778. The average molecular weight is 235 g/mol. The molecule has 4 N–H and O–H groups in total. The fourth-order valence-corrected chi connectivity index (χ4v) is 1.56. The number of carbonyl (C=O) groups is 2. The lowest BCUT2D eigenvalue weighted by atomic mass is 10.1. The summed E-state index contributed by atoms with van der Waals surface area (Å²) in [5.41, 5.74) is 10.4. The molecule has 0 bridgehead atoms. The highest BCUT2D eigenvalue weighted by Crippen LogP contribution is 2.17. The quantitative estimate of drug-likeness (QED) is 0.661. The molecule has 1 fully saturated rings. The Morgan fingerprint density at radius 2 is 1.81 bits per heavy atom. The van der Waals surface area contributed by atoms with Gasteiger partial charge in [0.05, 0.1) is 19.1 Å². The fourth-order valence-electron chi connectivity index (χ4n) is 1.56. The SMILES string of the molecule is NC(=O)CC[C@H](N)C(=O)N1C[C@@H](F)[C@@H](F)C1. The van der Waals surface area contributed by atoms with Gasteiger partial charge >= 0.3 is 0 Å². The van der Waals surface area contributed by atoms with Crippen LogP contribution < -0.4 is 11.5 Å². The van der Waals surface area contributed by atoms with E-state index in [-0.39, 0.29) is 25.9 Å². The number of nitrogens with zero attached hydrogens (tertiary/aromatic N) is 1. The molecule has 7 heteroatoms. The minimum atomic E-state index is -1.65. The molecule has 0 aromatic carbocycles. The second kappa shape index (κ2) is 5.20. The summed E-state index contributed by atoms with van der Waals surface area (Å²) in [7, 11) is 0. The van der Waals surface area contributed by atoms with Crippen molar-refractivity contribution in [2.24, 2.45) is 11.5 Å². The number of alkyl halides is 2. The highest BCUT2D eigenvalue weighted by atomic mass is 19.2. The van der Waals surface area contributed by atoms with Gasteiger partial charge < -0.3 is 16.4 Å². The van der Waals surface area contributed by atoms with Gasteiger partial charge in [-0.3, -0.25) is 9.59 Å². The van der Waals surface area contributed by atoms with Gasteiger partial charge in [-0.2, -0.15) is 0 Å². The van der Waals surface area contributed by atoms with E-state index in [1.54, 1.807) is 0 Å². The maximum Gasteiger partial charge on any atom is 0.239 e. The van der Waals surface area contributed by atoms with E-state index in [0.717, 1.165) is 4.90 Å². The topological polar surface area (TPSA) is 89.4 Å². The number of rotatable bonds is 4. The van der Waals surface area contributed by atoms with Crippen molar-refractivity contribution in [3.05, 3.63) is 0 Å². The van der Waals surface area contributed by atoms with Crippen LogP contribution in [0.3, 0.4) is 0 Å². The molecule has 16 heavy (non-hydrogen) atoms. The Kier molecular flexibility index (Phi) is 4.17. The molecule has 1 saturated heterocycles. The van der Waals surface area contributed by atoms with E-state index in [0.29, 0.717) is 0 Å². The highest BCUT2D eigenvalue weighted by Gasteiger charge is 2.36. The van der Waals surface area contributed by atoms with Crippen molar-refractivity contribution < 1.29 is 18.4 Å². The van der Waals surface area contributed by atoms with Crippen LogP contribution in [0, 0.1) is 0 Å². The van der Waals surface area contributed by atoms with E-state index in [1.807, 2.05) is 0 Å². The van der Waals surface area contributed by atoms with Crippen LogP contribution in [0.5, 0.6) is 0 Å². The zero-order chi connectivity index (χ0) is 12.3. The molecule has 5 nitrogen and oxygen atoms in total. The Morgan fingerprint density at radius 3 is 2.25 bits per heavy atom. The standard InChI is InChI=1S/C9H15F2N3O2/c10-5-3-14(4-6(5)11)9(16)7(12)1-2-8(13)15/h5-7H,1-4,12H2,(H2,13,15)/t5-,6+,7-/m0/s1. The molecule has 0 spiro atoms. The molecule has 1 aliphatic rings. The molecule has 0 radical (unpaired) electrons. The van der Waals surface area contributed by atoms with E-state index in [4.69, 9.17) is 11.5 Å². The van der Waals surface area contributed by atoms with Crippen LogP contribution in [0.1, 0.15) is 12.8 Å². The molecular weight excluding hydrogens is 220 g/mol. The lowest BCUT2D eigenvalue weighted by molar-refractivity contribution is -0.132. The zero-order valence-corrected chi connectivity index (χ0v) is 8.73. The minimum Gasteiger partial charge on any atom is -0.370 e. The summed E-state index contributed by atoms with van der Waals surface area (Å²) in [6.07, 6.45) is -3.21. The van der Waals surface area contributed by atoms with Gasteiger partial charge in [-0.25, -0.2) is 8.78 Å². The van der Waals surface area contributed by atoms with Crippen molar-refractivity contribution in [1.29, 1.82) is 0 Å². The van der Waals surface area contributed by atoms with Crippen molar-refractivity contribution in [2.75, 3.05) is 13.1 Å². The predicted molar refractivity (Wildman–Crippen MR) is 52.8 cm³/mol. The second-order valence-electron chi connectivity index (χ2n) is 3.89. The summed E-state index contributed by atoms with van der Waals surface area (Å²) < 4.78 is 25.6. The molecule has 2 amide bonds. The summed E-state index contributed by atoms with van der Waals surface area (Å²) in [5, 5.41) is 0. The molecule has 0 aromatic rings. The number of carbonyl (C=O) groups excluding carboxylic acids is 2. The van der Waals surface area contributed by atoms with E-state index in [1.165, 1.54) is 0 Å². The largest absolute Gasteiger partial charge is 0.370 e. The van der Waals surface area contributed by atoms with Gasteiger partial charge in [0.2, 0.25) is 11.8 Å². The highest BCUT2D eigenvalue weighted by molar-refractivity contribution is 5.83. The number of likely N-dealkylation sites (tertiary alicyclic amines) is 1. The van der Waals surface area contributed by atoms with Gasteiger partial charge in [0.15, 0.2) is 12.3 Å². The van der Waals surface area contributed by atoms with Gasteiger partial charge in [-0.1, -0.05) is 0 Å². The predicted octanol–water partition coefficient (Wildman–Crippen LogP) is -0.902. The third kappa shape index (κ3) is 3.13. The Bertz CT molecular complexity index is 278. The zero-order valence-electron chi connectivity index (χ0n) is 8.73. The molecule has 0 aliphatic carbocycles. The number of hydrogen-bond donors (Lipinski definition) is 2. The summed E-state index contributed by atoms with van der Waals surface area (Å²) >= 11 is 0. The van der Waals surface area contributed by atoms with Crippen molar-refractivity contribution in [1.82, 2.24) is 4.90 Å². The first-order chi connectivity index (χ1) is 7.41. The first-order valence-electron chi connectivity index (χ1n) is 5.02. The number of halogens is 2. The molecule has 92 valence electrons. The minimum absolute atomic E-state index is 0.0150. The molecule has 1 rings (SSSR count). The van der Waals surface area contributed by atoms with Crippen molar-refractivity contribution in [2.45, 2.75) is 31.2 Å². The van der Waals surface area contributed by atoms with Crippen LogP contribution in [-0.2, 0) is 9.59 Å². The van der Waals surface area contributed by atoms with Crippen LogP contribution in [-0.4, -0.2) is 48.2 Å². The van der Waals surface area contributed by atoms with Crippen molar-refractivity contribution in [3.63, 3.8) is 0 Å². The van der Waals surface area contributed by atoms with Crippen LogP contribution in [0.4, 0.5) is 8.78 Å². The summed E-state index contributed by atoms with van der Waals surface area (Å²) in [4.78, 5) is 23.1. The summed E-state index contributed by atoms with van der Waals surface area (Å²) in [5.74, 6) is -1.10. The normalized spacial score (nSPS) is 26.8. The monoisotopic (exact) mass is 235 g/mol. The smallest absolute Gasteiger partial charge is 0.239 e. The number of primary amides is 1. The maximum absolute atomic E-state index is 12.8. The Labute approximate surface area is 91.7 Å². The number of amides is 2. The Balaban J connectivity index is 2.42. The van der Waals surface area contributed by atoms with Gasteiger partial charge in [0.1, 0.15) is 0 Å². The first-order valence-corrected chi connectivity index (χ1v) is 5.02. The molecular formula is C9H15F2N3O2. The Morgan fingerprint density at radius 1 is 1.31 bits per heavy atom. The van der Waals surface area contributed by atoms with Crippen LogP contribution in [0.25, 0.3) is 0 Å². The van der Waals surface area contributed by atoms with E-state index in [2.05, 4.69) is 0 Å². The van der Waals surface area contributed by atoms with Crippen LogP contribution in [0.2, 0.25) is 0 Å². The average Bonchev–Trinajstić information content (AvgIpc) is 2.54. The van der Waals surface area contributed by atoms with E-state index in [9.17, 15) is 18.4 Å². The molecule has 1 heterocycles. The maximum atomic E-state index is 12.8. The van der Waals surface area contributed by atoms with E-state index >= 15 is 0 Å². The lowest BCUT2D eigenvalue weighted by Gasteiger charge is -2.19. The number of nitrogens with two attached hydrogens (primary N) is 2. The van der Waals surface area contributed by atoms with Crippen molar-refractivity contribution >= 4 is 11.8 Å². The first kappa shape index (κ1) is 12.8. The third-order valence-corrected chi connectivity index (χ3v) is 2.51.